The average Bonchev–Trinajstić information content (AvgIpc) is 2.00. The van der Waals surface area contributed by atoms with E-state index in [2.05, 4.69) is 9.57 Å². The van der Waals surface area contributed by atoms with E-state index in [-0.39, 0.29) is 0 Å². The van der Waals surface area contributed by atoms with Gasteiger partial charge in [0.05, 0.1) is 7.11 Å². The van der Waals surface area contributed by atoms with Crippen LogP contribution in [0.25, 0.3) is 0 Å². The number of carbonyl (C=O) groups excluding carboxylic acids is 1. The first-order valence-electron chi connectivity index (χ1n) is 3.41. The summed E-state index contributed by atoms with van der Waals surface area (Å²) in [6.07, 6.45) is -4.66. The Hall–Kier alpha value is -0.870. The van der Waals surface area contributed by atoms with Gasteiger partial charge in [0, 0.05) is 0 Å². The van der Waals surface area contributed by atoms with Crippen LogP contribution in [0.2, 0.25) is 0 Å². The SMILES string of the molecule is COC(=O)CS(=O)(=O)NOCC(F)(F)F. The lowest BCUT2D eigenvalue weighted by molar-refractivity contribution is -0.181. The van der Waals surface area contributed by atoms with E-state index in [0.717, 1.165) is 12.0 Å². The smallest absolute Gasteiger partial charge is 0.413 e. The predicted molar refractivity (Wildman–Crippen MR) is 40.9 cm³/mol. The van der Waals surface area contributed by atoms with Gasteiger partial charge in [0.15, 0.2) is 12.4 Å². The second kappa shape index (κ2) is 5.28. The van der Waals surface area contributed by atoms with Gasteiger partial charge in [-0.15, -0.1) is 0 Å². The molecule has 0 amide bonds. The van der Waals surface area contributed by atoms with Gasteiger partial charge in [-0.2, -0.15) is 13.2 Å². The maximum Gasteiger partial charge on any atom is 0.413 e. The molecule has 0 aromatic heterocycles. The summed E-state index contributed by atoms with van der Waals surface area (Å²) in [6.45, 7) is -1.78. The van der Waals surface area contributed by atoms with Crippen LogP contribution in [0.1, 0.15) is 0 Å². The van der Waals surface area contributed by atoms with Gasteiger partial charge < -0.3 is 4.74 Å². The lowest BCUT2D eigenvalue weighted by Gasteiger charge is -2.08. The monoisotopic (exact) mass is 251 g/mol. The third-order valence-electron chi connectivity index (χ3n) is 0.957. The third-order valence-corrected chi connectivity index (χ3v) is 1.94. The Morgan fingerprint density at radius 2 is 1.93 bits per heavy atom. The molecule has 10 heteroatoms. The van der Waals surface area contributed by atoms with E-state index in [9.17, 15) is 26.4 Å². The van der Waals surface area contributed by atoms with Gasteiger partial charge in [-0.05, 0) is 0 Å². The van der Waals surface area contributed by atoms with Crippen LogP contribution in [-0.4, -0.2) is 40.0 Å². The fraction of sp³-hybridized carbons (Fsp3) is 0.800. The molecule has 0 spiro atoms. The first-order chi connectivity index (χ1) is 6.66. The van der Waals surface area contributed by atoms with Crippen molar-refractivity contribution in [1.29, 1.82) is 0 Å². The summed E-state index contributed by atoms with van der Waals surface area (Å²) in [7, 11) is -3.32. The quantitative estimate of drug-likeness (QED) is 0.529. The Bertz CT molecular complexity index is 311. The number of ether oxygens (including phenoxy) is 1. The molecular formula is C5H8F3NO5S. The summed E-state index contributed by atoms with van der Waals surface area (Å²) in [5.74, 6) is -2.22. The molecule has 0 radical (unpaired) electrons. The molecule has 0 bridgehead atoms. The molecule has 0 aliphatic rings. The van der Waals surface area contributed by atoms with Crippen molar-refractivity contribution in [2.45, 2.75) is 6.18 Å². The molecule has 0 saturated carbocycles. The Labute approximate surface area is 83.3 Å². The van der Waals surface area contributed by atoms with Gasteiger partial charge in [-0.3, -0.25) is 9.63 Å². The molecular weight excluding hydrogens is 243 g/mol. The van der Waals surface area contributed by atoms with Crippen LogP contribution in [0.15, 0.2) is 0 Å². The van der Waals surface area contributed by atoms with Gasteiger partial charge in [-0.1, -0.05) is 4.89 Å². The fourth-order valence-corrected chi connectivity index (χ4v) is 1.17. The van der Waals surface area contributed by atoms with E-state index in [1.54, 1.807) is 0 Å². The van der Waals surface area contributed by atoms with E-state index in [0.29, 0.717) is 0 Å². The van der Waals surface area contributed by atoms with Crippen LogP contribution < -0.4 is 4.89 Å². The van der Waals surface area contributed by atoms with E-state index in [1.807, 2.05) is 0 Å². The van der Waals surface area contributed by atoms with Crippen molar-refractivity contribution < 1.29 is 36.0 Å². The Balaban J connectivity index is 4.01. The average molecular weight is 251 g/mol. The van der Waals surface area contributed by atoms with Crippen molar-refractivity contribution in [2.24, 2.45) is 0 Å². The first-order valence-corrected chi connectivity index (χ1v) is 5.06. The minimum Gasteiger partial charge on any atom is -0.468 e. The van der Waals surface area contributed by atoms with Crippen molar-refractivity contribution in [1.82, 2.24) is 4.89 Å². The van der Waals surface area contributed by atoms with Crippen molar-refractivity contribution in [3.63, 3.8) is 0 Å². The van der Waals surface area contributed by atoms with Crippen molar-refractivity contribution >= 4 is 16.0 Å². The van der Waals surface area contributed by atoms with Crippen LogP contribution in [0.5, 0.6) is 0 Å². The number of rotatable bonds is 5. The molecule has 0 atom stereocenters. The molecule has 15 heavy (non-hydrogen) atoms. The number of alkyl halides is 3. The summed E-state index contributed by atoms with van der Waals surface area (Å²) in [5, 5.41) is 0. The Morgan fingerprint density at radius 1 is 1.40 bits per heavy atom. The van der Waals surface area contributed by atoms with E-state index in [4.69, 9.17) is 0 Å². The zero-order chi connectivity index (χ0) is 12.1. The Morgan fingerprint density at radius 3 is 2.33 bits per heavy atom. The summed E-state index contributed by atoms with van der Waals surface area (Å²) in [6, 6.07) is 0. The number of esters is 1. The van der Waals surface area contributed by atoms with Gasteiger partial charge in [-0.25, -0.2) is 8.42 Å². The van der Waals surface area contributed by atoms with Crippen molar-refractivity contribution in [3.05, 3.63) is 0 Å². The highest BCUT2D eigenvalue weighted by Gasteiger charge is 2.29. The zero-order valence-corrected chi connectivity index (χ0v) is 8.31. The van der Waals surface area contributed by atoms with E-state index >= 15 is 0 Å². The van der Waals surface area contributed by atoms with Gasteiger partial charge in [0.1, 0.15) is 0 Å². The van der Waals surface area contributed by atoms with Gasteiger partial charge in [0.2, 0.25) is 10.0 Å². The highest BCUT2D eigenvalue weighted by atomic mass is 32.2. The molecule has 0 saturated heterocycles. The second-order valence-electron chi connectivity index (χ2n) is 2.32. The maximum absolute atomic E-state index is 11.5. The lowest BCUT2D eigenvalue weighted by Crippen LogP contribution is -2.33. The minimum atomic E-state index is -4.66. The molecule has 0 aromatic rings. The maximum atomic E-state index is 11.5. The fourth-order valence-electron chi connectivity index (χ4n) is 0.445. The highest BCUT2D eigenvalue weighted by molar-refractivity contribution is 7.90. The van der Waals surface area contributed by atoms with Crippen LogP contribution in [0, 0.1) is 0 Å². The summed E-state index contributed by atoms with van der Waals surface area (Å²) in [4.78, 5) is 15.2. The number of carbonyl (C=O) groups is 1. The zero-order valence-electron chi connectivity index (χ0n) is 7.50. The molecule has 0 aromatic carbocycles. The number of nitrogens with one attached hydrogen (secondary N) is 1. The molecule has 0 unspecified atom stereocenters. The second-order valence-corrected chi connectivity index (χ2v) is 4.01. The Kier molecular flexibility index (Phi) is 4.97. The molecule has 0 heterocycles. The van der Waals surface area contributed by atoms with Crippen molar-refractivity contribution in [3.8, 4) is 0 Å². The molecule has 0 rings (SSSR count). The predicted octanol–water partition coefficient (Wildman–Crippen LogP) is -0.427. The number of methoxy groups -OCH3 is 1. The van der Waals surface area contributed by atoms with Crippen LogP contribution in [-0.2, 0) is 24.4 Å². The number of hydrogen-bond donors (Lipinski definition) is 1. The van der Waals surface area contributed by atoms with Gasteiger partial charge >= 0.3 is 12.1 Å². The molecule has 90 valence electrons. The normalized spacial score (nSPS) is 12.5. The molecule has 0 aliphatic carbocycles. The standard InChI is InChI=1S/C5H8F3NO5S/c1-13-4(10)2-15(11,12)9-14-3-5(6,7)8/h9H,2-3H2,1H3. The van der Waals surface area contributed by atoms with E-state index < -0.39 is 34.5 Å². The highest BCUT2D eigenvalue weighted by Crippen LogP contribution is 2.13. The van der Waals surface area contributed by atoms with Crippen LogP contribution in [0.3, 0.4) is 0 Å². The largest absolute Gasteiger partial charge is 0.468 e. The van der Waals surface area contributed by atoms with Crippen LogP contribution >= 0.6 is 0 Å². The van der Waals surface area contributed by atoms with Crippen LogP contribution in [0.4, 0.5) is 13.2 Å². The lowest BCUT2D eigenvalue weighted by atomic mass is 10.7. The summed E-state index contributed by atoms with van der Waals surface area (Å²) < 4.78 is 60.1. The topological polar surface area (TPSA) is 81.7 Å². The molecule has 0 fully saturated rings. The first kappa shape index (κ1) is 14.1. The number of hydrogen-bond acceptors (Lipinski definition) is 5. The van der Waals surface area contributed by atoms with Gasteiger partial charge in [0.25, 0.3) is 0 Å². The van der Waals surface area contributed by atoms with E-state index in [1.165, 1.54) is 0 Å². The molecule has 6 nitrogen and oxygen atoms in total. The van der Waals surface area contributed by atoms with Crippen molar-refractivity contribution in [2.75, 3.05) is 19.5 Å². The minimum absolute atomic E-state index is 0.939. The number of sulfonamides is 1. The third kappa shape index (κ3) is 8.15. The molecule has 0 aliphatic heterocycles. The summed E-state index contributed by atoms with van der Waals surface area (Å²) in [5.41, 5.74) is 0. The molecule has 1 N–H and O–H groups in total. The number of halogens is 3. The summed E-state index contributed by atoms with van der Waals surface area (Å²) >= 11 is 0.